The van der Waals surface area contributed by atoms with Crippen LogP contribution in [0, 0.1) is 18.6 Å². The predicted octanol–water partition coefficient (Wildman–Crippen LogP) is 3.39. The molecule has 1 atom stereocenters. The summed E-state index contributed by atoms with van der Waals surface area (Å²) in [6, 6.07) is 11.5. The van der Waals surface area contributed by atoms with Crippen LogP contribution in [0.25, 0.3) is 0 Å². The van der Waals surface area contributed by atoms with Gasteiger partial charge in [0, 0.05) is 11.6 Å². The molecule has 0 spiro atoms. The van der Waals surface area contributed by atoms with Crippen molar-refractivity contribution in [3.63, 3.8) is 0 Å². The van der Waals surface area contributed by atoms with Crippen LogP contribution in [0.5, 0.6) is 0 Å². The zero-order valence-corrected chi connectivity index (χ0v) is 10.9. The smallest absolute Gasteiger partial charge is 0.129 e. The number of benzene rings is 2. The molecule has 1 unspecified atom stereocenters. The average Bonchev–Trinajstić information content (AvgIpc) is 2.37. The second-order valence-corrected chi connectivity index (χ2v) is 4.80. The predicted molar refractivity (Wildman–Crippen MR) is 72.9 cm³/mol. The van der Waals surface area contributed by atoms with Crippen LogP contribution in [0.1, 0.15) is 16.7 Å². The fraction of sp³-hybridized carbons (Fsp3) is 0.250. The molecule has 2 aromatic carbocycles. The summed E-state index contributed by atoms with van der Waals surface area (Å²) < 4.78 is 27.1. The van der Waals surface area contributed by atoms with Crippen molar-refractivity contribution in [1.82, 2.24) is 0 Å². The zero-order valence-electron chi connectivity index (χ0n) is 10.9. The first-order valence-electron chi connectivity index (χ1n) is 6.31. The second-order valence-electron chi connectivity index (χ2n) is 4.80. The lowest BCUT2D eigenvalue weighted by Gasteiger charge is -2.14. The van der Waals surface area contributed by atoms with Crippen molar-refractivity contribution in [1.29, 1.82) is 0 Å². The Morgan fingerprint density at radius 2 is 1.58 bits per heavy atom. The molecule has 0 saturated heterocycles. The molecule has 0 aliphatic rings. The first-order valence-corrected chi connectivity index (χ1v) is 6.31. The molecular weight excluding hydrogens is 244 g/mol. The summed E-state index contributed by atoms with van der Waals surface area (Å²) in [4.78, 5) is 0. The van der Waals surface area contributed by atoms with Gasteiger partial charge in [-0.3, -0.25) is 0 Å². The average molecular weight is 261 g/mol. The topological polar surface area (TPSA) is 26.0 Å². The van der Waals surface area contributed by atoms with Gasteiger partial charge in [-0.1, -0.05) is 30.3 Å². The molecule has 3 heteroatoms. The maximum atomic E-state index is 13.5. The fourth-order valence-electron chi connectivity index (χ4n) is 2.18. The number of hydrogen-bond donors (Lipinski definition) is 1. The minimum Gasteiger partial charge on any atom is -0.327 e. The Bertz CT molecular complexity index is 546. The van der Waals surface area contributed by atoms with Gasteiger partial charge in [0.1, 0.15) is 11.6 Å². The second kappa shape index (κ2) is 5.93. The van der Waals surface area contributed by atoms with E-state index in [1.54, 1.807) is 0 Å². The van der Waals surface area contributed by atoms with Gasteiger partial charge >= 0.3 is 0 Å². The molecule has 0 aliphatic heterocycles. The highest BCUT2D eigenvalue weighted by Crippen LogP contribution is 2.16. The largest absolute Gasteiger partial charge is 0.327 e. The van der Waals surface area contributed by atoms with E-state index in [-0.39, 0.29) is 18.0 Å². The van der Waals surface area contributed by atoms with Crippen molar-refractivity contribution >= 4 is 0 Å². The highest BCUT2D eigenvalue weighted by atomic mass is 19.1. The zero-order chi connectivity index (χ0) is 13.8. The Morgan fingerprint density at radius 3 is 2.21 bits per heavy atom. The summed E-state index contributed by atoms with van der Waals surface area (Å²) in [5.41, 5.74) is 8.35. The molecular formula is C16H17F2N. The fourth-order valence-corrected chi connectivity index (χ4v) is 2.18. The Morgan fingerprint density at radius 1 is 0.947 bits per heavy atom. The summed E-state index contributed by atoms with van der Waals surface area (Å²) in [7, 11) is 0. The quantitative estimate of drug-likeness (QED) is 0.897. The van der Waals surface area contributed by atoms with E-state index >= 15 is 0 Å². The molecule has 2 aromatic rings. The highest BCUT2D eigenvalue weighted by molar-refractivity contribution is 5.27. The SMILES string of the molecule is Cc1ccccc1CC(N)Cc1c(F)cccc1F. The Kier molecular flexibility index (Phi) is 4.27. The first kappa shape index (κ1) is 13.7. The van der Waals surface area contributed by atoms with Gasteiger partial charge in [-0.15, -0.1) is 0 Å². The van der Waals surface area contributed by atoms with Crippen LogP contribution in [0.3, 0.4) is 0 Å². The van der Waals surface area contributed by atoms with Crippen molar-refractivity contribution in [2.24, 2.45) is 5.73 Å². The lowest BCUT2D eigenvalue weighted by Crippen LogP contribution is -2.26. The number of aryl methyl sites for hydroxylation is 1. The van der Waals surface area contributed by atoms with Crippen molar-refractivity contribution in [3.8, 4) is 0 Å². The number of nitrogens with two attached hydrogens (primary N) is 1. The molecule has 0 saturated carbocycles. The third kappa shape index (κ3) is 3.38. The van der Waals surface area contributed by atoms with E-state index in [2.05, 4.69) is 0 Å². The number of rotatable bonds is 4. The third-order valence-corrected chi connectivity index (χ3v) is 3.27. The molecule has 2 N–H and O–H groups in total. The molecule has 100 valence electrons. The van der Waals surface area contributed by atoms with Gasteiger partial charge < -0.3 is 5.73 Å². The molecule has 0 amide bonds. The van der Waals surface area contributed by atoms with Crippen LogP contribution >= 0.6 is 0 Å². The van der Waals surface area contributed by atoms with E-state index in [4.69, 9.17) is 5.73 Å². The van der Waals surface area contributed by atoms with Crippen molar-refractivity contribution < 1.29 is 8.78 Å². The van der Waals surface area contributed by atoms with Crippen molar-refractivity contribution in [2.75, 3.05) is 0 Å². The van der Waals surface area contributed by atoms with Crippen LogP contribution in [-0.4, -0.2) is 6.04 Å². The Hall–Kier alpha value is -1.74. The van der Waals surface area contributed by atoms with Gasteiger partial charge in [0.25, 0.3) is 0 Å². The van der Waals surface area contributed by atoms with Crippen LogP contribution in [0.2, 0.25) is 0 Å². The van der Waals surface area contributed by atoms with Crippen LogP contribution in [0.4, 0.5) is 8.78 Å². The first-order chi connectivity index (χ1) is 9.08. The number of halogens is 2. The van der Waals surface area contributed by atoms with E-state index in [0.717, 1.165) is 11.1 Å². The highest BCUT2D eigenvalue weighted by Gasteiger charge is 2.13. The van der Waals surface area contributed by atoms with Gasteiger partial charge in [0.05, 0.1) is 0 Å². The summed E-state index contributed by atoms with van der Waals surface area (Å²) in [6.07, 6.45) is 0.813. The minimum absolute atomic E-state index is 0.0728. The van der Waals surface area contributed by atoms with E-state index < -0.39 is 11.6 Å². The lowest BCUT2D eigenvalue weighted by atomic mass is 9.96. The summed E-state index contributed by atoms with van der Waals surface area (Å²) in [5, 5.41) is 0. The van der Waals surface area contributed by atoms with Crippen LogP contribution in [-0.2, 0) is 12.8 Å². The van der Waals surface area contributed by atoms with Crippen molar-refractivity contribution in [3.05, 3.63) is 70.8 Å². The van der Waals surface area contributed by atoms with Gasteiger partial charge in [-0.25, -0.2) is 8.78 Å². The molecule has 0 fully saturated rings. The molecule has 2 rings (SSSR count). The maximum absolute atomic E-state index is 13.5. The van der Waals surface area contributed by atoms with Crippen LogP contribution < -0.4 is 5.73 Å². The Labute approximate surface area is 112 Å². The molecule has 0 aromatic heterocycles. The summed E-state index contributed by atoms with van der Waals surface area (Å²) >= 11 is 0. The molecule has 0 aliphatic carbocycles. The van der Waals surface area contributed by atoms with E-state index in [1.807, 2.05) is 31.2 Å². The van der Waals surface area contributed by atoms with E-state index in [1.165, 1.54) is 18.2 Å². The van der Waals surface area contributed by atoms with Crippen LogP contribution in [0.15, 0.2) is 42.5 Å². The summed E-state index contributed by atoms with van der Waals surface area (Å²) in [6.45, 7) is 2.01. The summed E-state index contributed by atoms with van der Waals surface area (Å²) in [5.74, 6) is -1.06. The van der Waals surface area contributed by atoms with Gasteiger partial charge in [0.2, 0.25) is 0 Å². The van der Waals surface area contributed by atoms with Gasteiger partial charge in [-0.05, 0) is 43.0 Å². The minimum atomic E-state index is -0.528. The Balaban J connectivity index is 2.10. The molecule has 19 heavy (non-hydrogen) atoms. The molecule has 1 nitrogen and oxygen atoms in total. The molecule has 0 radical (unpaired) electrons. The number of hydrogen-bond acceptors (Lipinski definition) is 1. The van der Waals surface area contributed by atoms with E-state index in [9.17, 15) is 8.78 Å². The van der Waals surface area contributed by atoms with E-state index in [0.29, 0.717) is 6.42 Å². The molecule has 0 heterocycles. The third-order valence-electron chi connectivity index (χ3n) is 3.27. The van der Waals surface area contributed by atoms with Crippen molar-refractivity contribution in [2.45, 2.75) is 25.8 Å². The van der Waals surface area contributed by atoms with Gasteiger partial charge in [-0.2, -0.15) is 0 Å². The standard InChI is InChI=1S/C16H17F2N/c1-11-5-2-3-6-12(11)9-13(19)10-14-15(17)7-4-8-16(14)18/h2-8,13H,9-10,19H2,1H3. The van der Waals surface area contributed by atoms with Gasteiger partial charge in [0.15, 0.2) is 0 Å². The maximum Gasteiger partial charge on any atom is 0.129 e. The normalized spacial score (nSPS) is 12.4. The lowest BCUT2D eigenvalue weighted by molar-refractivity contribution is 0.533. The monoisotopic (exact) mass is 261 g/mol. The molecule has 0 bridgehead atoms.